The predicted molar refractivity (Wildman–Crippen MR) is 112 cm³/mol. The Bertz CT molecular complexity index is 1010. The number of aryl methyl sites for hydroxylation is 4. The summed E-state index contributed by atoms with van der Waals surface area (Å²) in [5.74, 6) is 0.296. The van der Waals surface area contributed by atoms with E-state index in [4.69, 9.17) is 0 Å². The van der Waals surface area contributed by atoms with Crippen LogP contribution >= 0.6 is 0 Å². The lowest BCUT2D eigenvalue weighted by atomic mass is 10.1. The molecule has 0 aliphatic heterocycles. The molecular weight excluding hydrogens is 350 g/mol. The molecule has 0 saturated carbocycles. The van der Waals surface area contributed by atoms with Gasteiger partial charge in [-0.3, -0.25) is 10.1 Å². The maximum absolute atomic E-state index is 12.6. The van der Waals surface area contributed by atoms with Gasteiger partial charge in [0, 0.05) is 22.6 Å². The number of aliphatic imine (C=N–C) groups is 1. The van der Waals surface area contributed by atoms with Crippen LogP contribution in [-0.2, 0) is 0 Å². The van der Waals surface area contributed by atoms with Gasteiger partial charge in [0.05, 0.1) is 0 Å². The molecule has 0 saturated heterocycles. The lowest BCUT2D eigenvalue weighted by Crippen LogP contribution is -2.36. The zero-order valence-electron chi connectivity index (χ0n) is 16.4. The number of anilines is 1. The molecule has 1 aromatic heterocycles. The third-order valence-corrected chi connectivity index (χ3v) is 4.09. The van der Waals surface area contributed by atoms with Gasteiger partial charge >= 0.3 is 0 Å². The topological polar surface area (TPSA) is 79.3 Å². The second-order valence-corrected chi connectivity index (χ2v) is 6.67. The van der Waals surface area contributed by atoms with Gasteiger partial charge in [0.15, 0.2) is 0 Å². The molecule has 142 valence electrons. The smallest absolute Gasteiger partial charge is 0.257 e. The Hall–Kier alpha value is -3.54. The lowest BCUT2D eigenvalue weighted by Gasteiger charge is -2.14. The van der Waals surface area contributed by atoms with Gasteiger partial charge in [-0.25, -0.2) is 9.97 Å². The molecule has 2 N–H and O–H groups in total. The molecule has 0 spiro atoms. The molecule has 3 rings (SSSR count). The summed E-state index contributed by atoms with van der Waals surface area (Å²) in [7, 11) is 0. The third kappa shape index (κ3) is 5.01. The van der Waals surface area contributed by atoms with Gasteiger partial charge in [-0.15, -0.1) is 0 Å². The molecular formula is C22H23N5O. The first-order valence-corrected chi connectivity index (χ1v) is 9.02. The molecule has 6 heteroatoms. The van der Waals surface area contributed by atoms with Gasteiger partial charge < -0.3 is 5.32 Å². The summed E-state index contributed by atoms with van der Waals surface area (Å²) in [6.07, 6.45) is 0. The highest BCUT2D eigenvalue weighted by Crippen LogP contribution is 2.17. The Morgan fingerprint density at radius 3 is 2.21 bits per heavy atom. The van der Waals surface area contributed by atoms with Crippen LogP contribution in [0.15, 0.2) is 59.6 Å². The second-order valence-electron chi connectivity index (χ2n) is 6.67. The van der Waals surface area contributed by atoms with E-state index in [1.807, 2.05) is 64.1 Å². The molecule has 1 amide bonds. The van der Waals surface area contributed by atoms with Crippen molar-refractivity contribution in [2.45, 2.75) is 27.7 Å². The average molecular weight is 373 g/mol. The predicted octanol–water partition coefficient (Wildman–Crippen LogP) is 4.24. The highest BCUT2D eigenvalue weighted by molar-refractivity contribution is 6.10. The van der Waals surface area contributed by atoms with Crippen LogP contribution in [0.3, 0.4) is 0 Å². The maximum atomic E-state index is 12.6. The van der Waals surface area contributed by atoms with Crippen LogP contribution in [0.25, 0.3) is 0 Å². The lowest BCUT2D eigenvalue weighted by molar-refractivity contribution is 0.0977. The summed E-state index contributed by atoms with van der Waals surface area (Å²) < 4.78 is 0. The molecule has 3 aromatic rings. The van der Waals surface area contributed by atoms with Crippen LogP contribution in [-0.4, -0.2) is 21.8 Å². The van der Waals surface area contributed by atoms with E-state index >= 15 is 0 Å². The van der Waals surface area contributed by atoms with Crippen molar-refractivity contribution in [3.05, 3.63) is 82.7 Å². The van der Waals surface area contributed by atoms with E-state index in [-0.39, 0.29) is 17.8 Å². The fourth-order valence-electron chi connectivity index (χ4n) is 2.80. The molecule has 0 fully saturated rings. The molecule has 28 heavy (non-hydrogen) atoms. The number of hydrogen-bond acceptors (Lipinski definition) is 4. The highest BCUT2D eigenvalue weighted by Gasteiger charge is 2.11. The number of aromatic nitrogens is 2. The van der Waals surface area contributed by atoms with Crippen molar-refractivity contribution in [1.82, 2.24) is 15.3 Å². The van der Waals surface area contributed by atoms with Crippen LogP contribution in [0, 0.1) is 27.7 Å². The van der Waals surface area contributed by atoms with Crippen molar-refractivity contribution in [3.63, 3.8) is 0 Å². The van der Waals surface area contributed by atoms with E-state index in [1.165, 1.54) is 0 Å². The molecule has 0 bridgehead atoms. The number of carbonyl (C=O) groups excluding carboxylic acids is 1. The van der Waals surface area contributed by atoms with Crippen LogP contribution < -0.4 is 10.6 Å². The minimum Gasteiger partial charge on any atom is -0.325 e. The molecule has 0 atom stereocenters. The van der Waals surface area contributed by atoms with E-state index in [0.29, 0.717) is 5.56 Å². The minimum atomic E-state index is -0.263. The number of hydrogen-bond donors (Lipinski definition) is 2. The first-order chi connectivity index (χ1) is 13.4. The monoisotopic (exact) mass is 373 g/mol. The van der Waals surface area contributed by atoms with Gasteiger partial charge in [0.2, 0.25) is 5.96 Å². The molecule has 0 radical (unpaired) electrons. The van der Waals surface area contributed by atoms with Gasteiger partial charge in [-0.1, -0.05) is 35.9 Å². The molecule has 1 heterocycles. The van der Waals surface area contributed by atoms with E-state index < -0.39 is 0 Å². The van der Waals surface area contributed by atoms with E-state index in [2.05, 4.69) is 31.7 Å². The van der Waals surface area contributed by atoms with Gasteiger partial charge in [-0.05, 0) is 57.5 Å². The first-order valence-electron chi connectivity index (χ1n) is 9.02. The number of nitrogens with zero attached hydrogens (tertiary/aromatic N) is 3. The Morgan fingerprint density at radius 1 is 0.893 bits per heavy atom. The Kier molecular flexibility index (Phi) is 5.79. The van der Waals surface area contributed by atoms with Crippen molar-refractivity contribution in [3.8, 4) is 0 Å². The average Bonchev–Trinajstić information content (AvgIpc) is 2.64. The van der Waals surface area contributed by atoms with Crippen LogP contribution in [0.2, 0.25) is 0 Å². The molecule has 6 nitrogen and oxygen atoms in total. The molecule has 2 aromatic carbocycles. The molecule has 0 aliphatic carbocycles. The largest absolute Gasteiger partial charge is 0.325 e. The van der Waals surface area contributed by atoms with Crippen molar-refractivity contribution in [2.75, 3.05) is 5.32 Å². The van der Waals surface area contributed by atoms with E-state index in [0.717, 1.165) is 28.2 Å². The van der Waals surface area contributed by atoms with Gasteiger partial charge in [0.25, 0.3) is 11.9 Å². The van der Waals surface area contributed by atoms with E-state index in [1.54, 1.807) is 12.1 Å². The number of nitrogens with one attached hydrogen (secondary N) is 2. The Balaban J connectivity index is 1.95. The van der Waals surface area contributed by atoms with Crippen LogP contribution in [0.1, 0.15) is 32.9 Å². The first kappa shape index (κ1) is 19.2. The van der Waals surface area contributed by atoms with Crippen LogP contribution in [0.4, 0.5) is 11.6 Å². The van der Waals surface area contributed by atoms with Crippen molar-refractivity contribution >= 4 is 23.5 Å². The quantitative estimate of drug-likeness (QED) is 0.532. The number of carbonyl (C=O) groups is 1. The standard InChI is InChI=1S/C22H23N5O/c1-14-10-11-19(15(2)12-14)25-22(26-20(28)18-8-6-5-7-9-18)27-21-23-16(3)13-17(4)24-21/h5-13H,1-4H3,(H2,23,24,25,26,27,28). The van der Waals surface area contributed by atoms with Gasteiger partial charge in [0.1, 0.15) is 0 Å². The van der Waals surface area contributed by atoms with Crippen molar-refractivity contribution in [1.29, 1.82) is 0 Å². The SMILES string of the molecule is Cc1ccc(NC(=Nc2nc(C)cc(C)n2)NC(=O)c2ccccc2)c(C)c1. The summed E-state index contributed by atoms with van der Waals surface area (Å²) in [5.41, 5.74) is 5.22. The fourth-order valence-corrected chi connectivity index (χ4v) is 2.80. The summed E-state index contributed by atoms with van der Waals surface area (Å²) in [5, 5.41) is 6.03. The van der Waals surface area contributed by atoms with E-state index in [9.17, 15) is 4.79 Å². The number of rotatable bonds is 3. The fraction of sp³-hybridized carbons (Fsp3) is 0.182. The normalized spacial score (nSPS) is 11.2. The minimum absolute atomic E-state index is 0.263. The van der Waals surface area contributed by atoms with Crippen molar-refractivity contribution < 1.29 is 4.79 Å². The maximum Gasteiger partial charge on any atom is 0.257 e. The summed E-state index contributed by atoms with van der Waals surface area (Å²) in [4.78, 5) is 25.8. The summed E-state index contributed by atoms with van der Waals surface area (Å²) in [6.45, 7) is 7.80. The third-order valence-electron chi connectivity index (χ3n) is 4.09. The second kappa shape index (κ2) is 8.43. The van der Waals surface area contributed by atoms with Gasteiger partial charge in [-0.2, -0.15) is 4.99 Å². The summed E-state index contributed by atoms with van der Waals surface area (Å²) >= 11 is 0. The number of amides is 1. The summed E-state index contributed by atoms with van der Waals surface area (Å²) in [6, 6.07) is 16.9. The Morgan fingerprint density at radius 2 is 1.57 bits per heavy atom. The number of benzene rings is 2. The number of guanidine groups is 1. The molecule has 0 aliphatic rings. The Labute approximate surface area is 164 Å². The van der Waals surface area contributed by atoms with Crippen LogP contribution in [0.5, 0.6) is 0 Å². The zero-order valence-corrected chi connectivity index (χ0v) is 16.4. The zero-order chi connectivity index (χ0) is 20.1. The highest BCUT2D eigenvalue weighted by atomic mass is 16.1. The van der Waals surface area contributed by atoms with Crippen molar-refractivity contribution in [2.24, 2.45) is 4.99 Å². The molecule has 0 unspecified atom stereocenters.